The summed E-state index contributed by atoms with van der Waals surface area (Å²) in [5, 5.41) is 0.0981. The number of halogens is 2. The maximum Gasteiger partial charge on any atom is 0.142 e. The van der Waals surface area contributed by atoms with E-state index in [0.29, 0.717) is 12.1 Å². The molecule has 0 fully saturated rings. The molecule has 0 radical (unpaired) electrons. The van der Waals surface area contributed by atoms with Crippen LogP contribution in [-0.2, 0) is 6.54 Å². The molecule has 0 aromatic heterocycles. The molecule has 0 aliphatic carbocycles. The van der Waals surface area contributed by atoms with E-state index in [2.05, 4.69) is 4.99 Å². The van der Waals surface area contributed by atoms with Crippen molar-refractivity contribution in [3.63, 3.8) is 0 Å². The lowest BCUT2D eigenvalue weighted by Crippen LogP contribution is -1.89. The molecule has 0 bridgehead atoms. The van der Waals surface area contributed by atoms with E-state index in [1.807, 2.05) is 24.3 Å². The number of nitrogens with zero attached hydrogens (tertiary/aromatic N) is 1. The Morgan fingerprint density at radius 1 is 1.21 bits per heavy atom. The molecule has 98 valence electrons. The number of aliphatic imine (C=N–C) groups is 1. The van der Waals surface area contributed by atoms with Crippen LogP contribution in [0, 0.1) is 5.82 Å². The summed E-state index contributed by atoms with van der Waals surface area (Å²) >= 11 is 5.83. The van der Waals surface area contributed by atoms with Gasteiger partial charge in [-0.1, -0.05) is 35.9 Å². The largest absolute Gasteiger partial charge is 0.497 e. The van der Waals surface area contributed by atoms with E-state index in [4.69, 9.17) is 16.3 Å². The fraction of sp³-hybridized carbons (Fsp3) is 0.133. The average molecular weight is 278 g/mol. The van der Waals surface area contributed by atoms with Gasteiger partial charge in [0.2, 0.25) is 0 Å². The van der Waals surface area contributed by atoms with Crippen LogP contribution in [0.25, 0.3) is 0 Å². The zero-order valence-electron chi connectivity index (χ0n) is 10.4. The summed E-state index contributed by atoms with van der Waals surface area (Å²) in [6.45, 7) is 0.511. The minimum Gasteiger partial charge on any atom is -0.497 e. The predicted molar refractivity (Wildman–Crippen MR) is 75.7 cm³/mol. The smallest absolute Gasteiger partial charge is 0.142 e. The molecule has 0 unspecified atom stereocenters. The summed E-state index contributed by atoms with van der Waals surface area (Å²) in [6.07, 6.45) is 1.58. The third-order valence-electron chi connectivity index (χ3n) is 2.64. The lowest BCUT2D eigenvalue weighted by molar-refractivity contribution is 0.414. The summed E-state index contributed by atoms with van der Waals surface area (Å²) < 4.78 is 18.3. The van der Waals surface area contributed by atoms with Crippen LogP contribution < -0.4 is 4.74 Å². The highest BCUT2D eigenvalue weighted by atomic mass is 35.5. The standard InChI is InChI=1S/C15H13ClFNO/c1-19-13-7-5-11(6-8-13)9-18-10-12-3-2-4-14(17)15(12)16/h2-8,10H,9H2,1H3. The van der Waals surface area contributed by atoms with E-state index in [0.717, 1.165) is 11.3 Å². The number of ether oxygens (including phenoxy) is 1. The van der Waals surface area contributed by atoms with Crippen LogP contribution in [-0.4, -0.2) is 13.3 Å². The molecule has 0 spiro atoms. The van der Waals surface area contributed by atoms with Gasteiger partial charge in [0.1, 0.15) is 11.6 Å². The van der Waals surface area contributed by atoms with E-state index in [-0.39, 0.29) is 5.02 Å². The second kappa shape index (κ2) is 6.34. The molecule has 0 heterocycles. The molecule has 0 N–H and O–H groups in total. The first-order valence-electron chi connectivity index (χ1n) is 5.77. The molecule has 0 atom stereocenters. The molecule has 0 saturated heterocycles. The maximum absolute atomic E-state index is 13.2. The molecule has 2 aromatic carbocycles. The molecule has 0 aliphatic heterocycles. The minimum absolute atomic E-state index is 0.0981. The van der Waals surface area contributed by atoms with Gasteiger partial charge >= 0.3 is 0 Å². The van der Waals surface area contributed by atoms with E-state index in [1.165, 1.54) is 6.07 Å². The Kier molecular flexibility index (Phi) is 4.53. The van der Waals surface area contributed by atoms with Crippen molar-refractivity contribution in [2.45, 2.75) is 6.54 Å². The van der Waals surface area contributed by atoms with Gasteiger partial charge in [-0.25, -0.2) is 4.39 Å². The molecule has 0 amide bonds. The van der Waals surface area contributed by atoms with Crippen LogP contribution in [0.3, 0.4) is 0 Å². The number of hydrogen-bond donors (Lipinski definition) is 0. The maximum atomic E-state index is 13.2. The molecule has 2 nitrogen and oxygen atoms in total. The van der Waals surface area contributed by atoms with E-state index in [1.54, 1.807) is 25.5 Å². The van der Waals surface area contributed by atoms with Crippen molar-refractivity contribution >= 4 is 17.8 Å². The lowest BCUT2D eigenvalue weighted by atomic mass is 10.2. The molecule has 0 aliphatic rings. The minimum atomic E-state index is -0.435. The quantitative estimate of drug-likeness (QED) is 0.771. The molecule has 2 aromatic rings. The summed E-state index contributed by atoms with van der Waals surface area (Å²) in [5.41, 5.74) is 1.62. The SMILES string of the molecule is COc1ccc(CN=Cc2cccc(F)c2Cl)cc1. The molecule has 4 heteroatoms. The highest BCUT2D eigenvalue weighted by molar-refractivity contribution is 6.33. The first-order chi connectivity index (χ1) is 9.20. The van der Waals surface area contributed by atoms with Gasteiger partial charge in [-0.05, 0) is 23.8 Å². The van der Waals surface area contributed by atoms with Gasteiger partial charge in [0.05, 0.1) is 18.7 Å². The Bertz CT molecular complexity index is 581. The third kappa shape index (κ3) is 3.55. The van der Waals surface area contributed by atoms with Gasteiger partial charge in [0.25, 0.3) is 0 Å². The number of benzene rings is 2. The normalized spacial score (nSPS) is 10.9. The molecular weight excluding hydrogens is 265 g/mol. The Hall–Kier alpha value is -1.87. The zero-order valence-corrected chi connectivity index (χ0v) is 11.2. The summed E-state index contributed by atoms with van der Waals surface area (Å²) in [4.78, 5) is 4.25. The van der Waals surface area contributed by atoms with Crippen molar-refractivity contribution in [3.8, 4) is 5.75 Å². The molecule has 0 saturated carbocycles. The van der Waals surface area contributed by atoms with Crippen molar-refractivity contribution < 1.29 is 9.13 Å². The van der Waals surface area contributed by atoms with Gasteiger partial charge in [-0.15, -0.1) is 0 Å². The van der Waals surface area contributed by atoms with Crippen LogP contribution in [0.5, 0.6) is 5.75 Å². The monoisotopic (exact) mass is 277 g/mol. The topological polar surface area (TPSA) is 21.6 Å². The summed E-state index contributed by atoms with van der Waals surface area (Å²) in [7, 11) is 1.62. The van der Waals surface area contributed by atoms with Crippen molar-refractivity contribution in [2.24, 2.45) is 4.99 Å². The van der Waals surface area contributed by atoms with Gasteiger partial charge in [0, 0.05) is 11.8 Å². The first kappa shape index (κ1) is 13.6. The Labute approximate surface area is 116 Å². The highest BCUT2D eigenvalue weighted by Gasteiger charge is 2.02. The van der Waals surface area contributed by atoms with Crippen molar-refractivity contribution in [3.05, 3.63) is 64.4 Å². The fourth-order valence-corrected chi connectivity index (χ4v) is 1.78. The summed E-state index contributed by atoms with van der Waals surface area (Å²) in [6, 6.07) is 12.3. The lowest BCUT2D eigenvalue weighted by Gasteiger charge is -2.01. The van der Waals surface area contributed by atoms with Crippen LogP contribution in [0.1, 0.15) is 11.1 Å². The third-order valence-corrected chi connectivity index (χ3v) is 3.04. The summed E-state index contributed by atoms with van der Waals surface area (Å²) in [5.74, 6) is 0.371. The van der Waals surface area contributed by atoms with Crippen LogP contribution in [0.15, 0.2) is 47.5 Å². The van der Waals surface area contributed by atoms with E-state index < -0.39 is 5.82 Å². The van der Waals surface area contributed by atoms with Gasteiger partial charge in [-0.3, -0.25) is 4.99 Å². The van der Waals surface area contributed by atoms with Gasteiger partial charge in [0.15, 0.2) is 0 Å². The number of rotatable bonds is 4. The second-order valence-corrected chi connectivity index (χ2v) is 4.34. The first-order valence-corrected chi connectivity index (χ1v) is 6.15. The van der Waals surface area contributed by atoms with Crippen LogP contribution in [0.2, 0.25) is 5.02 Å². The molecule has 19 heavy (non-hydrogen) atoms. The van der Waals surface area contributed by atoms with Gasteiger partial charge in [-0.2, -0.15) is 0 Å². The average Bonchev–Trinajstić information content (AvgIpc) is 2.44. The van der Waals surface area contributed by atoms with Crippen molar-refractivity contribution in [2.75, 3.05) is 7.11 Å². The molecule has 2 rings (SSSR count). The highest BCUT2D eigenvalue weighted by Crippen LogP contribution is 2.18. The van der Waals surface area contributed by atoms with E-state index >= 15 is 0 Å². The fourth-order valence-electron chi connectivity index (χ4n) is 1.60. The number of methoxy groups -OCH3 is 1. The van der Waals surface area contributed by atoms with Gasteiger partial charge < -0.3 is 4.74 Å². The second-order valence-electron chi connectivity index (χ2n) is 3.96. The Balaban J connectivity index is 2.04. The predicted octanol–water partition coefficient (Wildman–Crippen LogP) is 4.11. The Morgan fingerprint density at radius 2 is 1.95 bits per heavy atom. The zero-order chi connectivity index (χ0) is 13.7. The Morgan fingerprint density at radius 3 is 2.63 bits per heavy atom. The van der Waals surface area contributed by atoms with E-state index in [9.17, 15) is 4.39 Å². The van der Waals surface area contributed by atoms with Crippen LogP contribution in [0.4, 0.5) is 4.39 Å². The van der Waals surface area contributed by atoms with Crippen LogP contribution >= 0.6 is 11.6 Å². The van der Waals surface area contributed by atoms with Crippen molar-refractivity contribution in [1.29, 1.82) is 0 Å². The molecular formula is C15H13ClFNO. The van der Waals surface area contributed by atoms with Crippen molar-refractivity contribution in [1.82, 2.24) is 0 Å². The number of hydrogen-bond acceptors (Lipinski definition) is 2.